The maximum absolute atomic E-state index is 11.1. The number of rotatable bonds is 3. The van der Waals surface area contributed by atoms with Gasteiger partial charge in [0.15, 0.2) is 5.65 Å². The van der Waals surface area contributed by atoms with Crippen LogP contribution in [0.4, 0.5) is 0 Å². The van der Waals surface area contributed by atoms with E-state index in [2.05, 4.69) is 15.2 Å². The van der Waals surface area contributed by atoms with Crippen LogP contribution in [0.3, 0.4) is 0 Å². The minimum atomic E-state index is -0.940. The van der Waals surface area contributed by atoms with E-state index in [1.165, 1.54) is 0 Å². The molecule has 2 aromatic rings. The molecule has 1 saturated heterocycles. The van der Waals surface area contributed by atoms with Crippen molar-refractivity contribution in [1.29, 1.82) is 0 Å². The maximum Gasteiger partial charge on any atom is 0.339 e. The number of aromatic nitrogens is 2. The van der Waals surface area contributed by atoms with Crippen molar-refractivity contribution >= 4 is 11.6 Å². The smallest absolute Gasteiger partial charge is 0.339 e. The summed E-state index contributed by atoms with van der Waals surface area (Å²) in [6.07, 6.45) is 3.64. The number of nitrogens with zero attached hydrogens (tertiary/aromatic N) is 3. The highest BCUT2D eigenvalue weighted by Crippen LogP contribution is 2.14. The summed E-state index contributed by atoms with van der Waals surface area (Å²) in [6, 6.07) is 3.33. The lowest BCUT2D eigenvalue weighted by molar-refractivity contribution is 0.0698. The van der Waals surface area contributed by atoms with Gasteiger partial charge in [0, 0.05) is 38.9 Å². The molecule has 0 amide bonds. The third kappa shape index (κ3) is 2.32. The average Bonchev–Trinajstić information content (AvgIpc) is 2.83. The molecule has 1 aliphatic rings. The molecular formula is C13H16N4O2. The zero-order chi connectivity index (χ0) is 13.2. The van der Waals surface area contributed by atoms with E-state index in [1.807, 2.05) is 10.6 Å². The summed E-state index contributed by atoms with van der Waals surface area (Å²) in [5.41, 5.74) is 1.79. The number of nitrogens with one attached hydrogen (secondary N) is 1. The van der Waals surface area contributed by atoms with Gasteiger partial charge in [0.1, 0.15) is 5.56 Å². The topological polar surface area (TPSA) is 69.9 Å². The first-order valence-corrected chi connectivity index (χ1v) is 6.37. The summed E-state index contributed by atoms with van der Waals surface area (Å²) in [7, 11) is 0. The molecule has 0 atom stereocenters. The Balaban J connectivity index is 1.92. The SMILES string of the molecule is O=C(O)c1cccn2c(CN3CCNCC3)cnc12. The minimum Gasteiger partial charge on any atom is -0.478 e. The molecule has 0 bridgehead atoms. The molecule has 3 rings (SSSR count). The highest BCUT2D eigenvalue weighted by molar-refractivity contribution is 5.94. The van der Waals surface area contributed by atoms with Gasteiger partial charge in [0.05, 0.1) is 11.9 Å². The van der Waals surface area contributed by atoms with Gasteiger partial charge in [-0.15, -0.1) is 0 Å². The van der Waals surface area contributed by atoms with Gasteiger partial charge in [0.2, 0.25) is 0 Å². The maximum atomic E-state index is 11.1. The molecule has 2 aromatic heterocycles. The van der Waals surface area contributed by atoms with Crippen molar-refractivity contribution in [3.8, 4) is 0 Å². The van der Waals surface area contributed by atoms with Crippen LogP contribution in [0.15, 0.2) is 24.5 Å². The fourth-order valence-corrected chi connectivity index (χ4v) is 2.44. The van der Waals surface area contributed by atoms with Crippen molar-refractivity contribution in [3.05, 3.63) is 35.8 Å². The second-order valence-electron chi connectivity index (χ2n) is 4.70. The zero-order valence-electron chi connectivity index (χ0n) is 10.5. The van der Waals surface area contributed by atoms with Crippen molar-refractivity contribution in [3.63, 3.8) is 0 Å². The van der Waals surface area contributed by atoms with Crippen molar-refractivity contribution < 1.29 is 9.90 Å². The van der Waals surface area contributed by atoms with Crippen molar-refractivity contribution in [2.24, 2.45) is 0 Å². The van der Waals surface area contributed by atoms with Crippen LogP contribution in [0.25, 0.3) is 5.65 Å². The highest BCUT2D eigenvalue weighted by Gasteiger charge is 2.15. The summed E-state index contributed by atoms with van der Waals surface area (Å²) in [4.78, 5) is 17.7. The molecule has 1 aliphatic heterocycles. The van der Waals surface area contributed by atoms with E-state index in [1.54, 1.807) is 18.3 Å². The standard InChI is InChI=1S/C13H16N4O2/c18-13(19)11-2-1-5-17-10(8-15-12(11)17)9-16-6-3-14-4-7-16/h1-2,5,8,14H,3-4,6-7,9H2,(H,18,19). The normalized spacial score (nSPS) is 16.8. The number of carboxylic acids is 1. The number of imidazole rings is 1. The molecule has 0 aliphatic carbocycles. The molecule has 6 heteroatoms. The first-order chi connectivity index (χ1) is 9.25. The Labute approximate surface area is 110 Å². The van der Waals surface area contributed by atoms with Gasteiger partial charge in [-0.3, -0.25) is 4.90 Å². The van der Waals surface area contributed by atoms with Crippen LogP contribution in [0.5, 0.6) is 0 Å². The molecule has 1 fully saturated rings. The van der Waals surface area contributed by atoms with Gasteiger partial charge in [-0.2, -0.15) is 0 Å². The van der Waals surface area contributed by atoms with E-state index in [9.17, 15) is 4.79 Å². The van der Waals surface area contributed by atoms with E-state index in [0.29, 0.717) is 5.65 Å². The van der Waals surface area contributed by atoms with Crippen LogP contribution in [-0.4, -0.2) is 51.5 Å². The summed E-state index contributed by atoms with van der Waals surface area (Å²) in [6.45, 7) is 4.80. The molecule has 100 valence electrons. The second-order valence-corrected chi connectivity index (χ2v) is 4.70. The van der Waals surface area contributed by atoms with E-state index in [0.717, 1.165) is 38.4 Å². The first kappa shape index (κ1) is 12.1. The summed E-state index contributed by atoms with van der Waals surface area (Å²) >= 11 is 0. The van der Waals surface area contributed by atoms with E-state index in [4.69, 9.17) is 5.11 Å². The molecule has 0 unspecified atom stereocenters. The fraction of sp³-hybridized carbons (Fsp3) is 0.385. The summed E-state index contributed by atoms with van der Waals surface area (Å²) in [5.74, 6) is -0.940. The van der Waals surface area contributed by atoms with Crippen LogP contribution >= 0.6 is 0 Å². The van der Waals surface area contributed by atoms with E-state index in [-0.39, 0.29) is 5.56 Å². The van der Waals surface area contributed by atoms with Crippen LogP contribution in [0.2, 0.25) is 0 Å². The third-order valence-corrected chi connectivity index (χ3v) is 3.44. The lowest BCUT2D eigenvalue weighted by Gasteiger charge is -2.26. The average molecular weight is 260 g/mol. The zero-order valence-corrected chi connectivity index (χ0v) is 10.5. The number of piperazine rings is 1. The molecule has 0 saturated carbocycles. The molecule has 2 N–H and O–H groups in total. The number of hydrogen-bond donors (Lipinski definition) is 2. The lowest BCUT2D eigenvalue weighted by atomic mass is 10.2. The summed E-state index contributed by atoms with van der Waals surface area (Å²) in [5, 5.41) is 12.5. The predicted molar refractivity (Wildman–Crippen MR) is 70.3 cm³/mol. The van der Waals surface area contributed by atoms with Crippen molar-refractivity contribution in [2.45, 2.75) is 6.54 Å². The Bertz CT molecular complexity index is 602. The number of aromatic carboxylic acids is 1. The number of fused-ring (bicyclic) bond motifs is 1. The summed E-state index contributed by atoms with van der Waals surface area (Å²) < 4.78 is 1.87. The fourth-order valence-electron chi connectivity index (χ4n) is 2.44. The van der Waals surface area contributed by atoms with Crippen molar-refractivity contribution in [2.75, 3.05) is 26.2 Å². The van der Waals surface area contributed by atoms with Crippen LogP contribution in [0, 0.1) is 0 Å². The van der Waals surface area contributed by atoms with Gasteiger partial charge in [-0.05, 0) is 12.1 Å². The number of hydrogen-bond acceptors (Lipinski definition) is 4. The molecule has 0 spiro atoms. The minimum absolute atomic E-state index is 0.245. The Morgan fingerprint density at radius 2 is 2.21 bits per heavy atom. The van der Waals surface area contributed by atoms with Gasteiger partial charge in [-0.25, -0.2) is 9.78 Å². The van der Waals surface area contributed by atoms with E-state index >= 15 is 0 Å². The lowest BCUT2D eigenvalue weighted by Crippen LogP contribution is -2.43. The molecule has 19 heavy (non-hydrogen) atoms. The Morgan fingerprint density at radius 1 is 1.42 bits per heavy atom. The van der Waals surface area contributed by atoms with Crippen LogP contribution < -0.4 is 5.32 Å². The first-order valence-electron chi connectivity index (χ1n) is 6.37. The predicted octanol–water partition coefficient (Wildman–Crippen LogP) is 0.438. The Morgan fingerprint density at radius 3 is 2.95 bits per heavy atom. The quantitative estimate of drug-likeness (QED) is 0.838. The van der Waals surface area contributed by atoms with Crippen LogP contribution in [0.1, 0.15) is 16.1 Å². The number of carboxylic acid groups (broad SMARTS) is 1. The van der Waals surface area contributed by atoms with Gasteiger partial charge in [-0.1, -0.05) is 0 Å². The molecule has 6 nitrogen and oxygen atoms in total. The third-order valence-electron chi connectivity index (χ3n) is 3.44. The van der Waals surface area contributed by atoms with Gasteiger partial charge >= 0.3 is 5.97 Å². The Hall–Kier alpha value is -1.92. The molecule has 0 aromatic carbocycles. The second kappa shape index (κ2) is 4.99. The number of pyridine rings is 1. The Kier molecular flexibility index (Phi) is 3.18. The molecule has 3 heterocycles. The molecule has 0 radical (unpaired) electrons. The van der Waals surface area contributed by atoms with Crippen molar-refractivity contribution in [1.82, 2.24) is 19.6 Å². The van der Waals surface area contributed by atoms with Gasteiger partial charge in [0.25, 0.3) is 0 Å². The van der Waals surface area contributed by atoms with E-state index < -0.39 is 5.97 Å². The highest BCUT2D eigenvalue weighted by atomic mass is 16.4. The molecular weight excluding hydrogens is 244 g/mol. The monoisotopic (exact) mass is 260 g/mol. The number of carbonyl (C=O) groups is 1. The largest absolute Gasteiger partial charge is 0.478 e. The van der Waals surface area contributed by atoms with Gasteiger partial charge < -0.3 is 14.8 Å². The van der Waals surface area contributed by atoms with Crippen LogP contribution in [-0.2, 0) is 6.54 Å².